The Morgan fingerprint density at radius 2 is 1.28 bits per heavy atom. The van der Waals surface area contributed by atoms with Crippen molar-refractivity contribution in [2.45, 2.75) is 12.4 Å². The van der Waals surface area contributed by atoms with Crippen LogP contribution in [0.15, 0.2) is 60.7 Å². The predicted molar refractivity (Wildman–Crippen MR) is 104 cm³/mol. The summed E-state index contributed by atoms with van der Waals surface area (Å²) >= 11 is 1.03. The van der Waals surface area contributed by atoms with Crippen LogP contribution in [0.4, 0.5) is 37.7 Å². The Labute approximate surface area is 165 Å². The minimum absolute atomic E-state index is 0.142. The first kappa shape index (κ1) is 19.6. The van der Waals surface area contributed by atoms with Crippen molar-refractivity contribution in [1.29, 1.82) is 0 Å². The maximum absolute atomic E-state index is 13.4. The van der Waals surface area contributed by atoms with Crippen LogP contribution in [-0.2, 0) is 12.4 Å². The molecule has 4 aromatic rings. The van der Waals surface area contributed by atoms with Gasteiger partial charge in [-0.15, -0.1) is 11.3 Å². The second-order valence-corrected chi connectivity index (χ2v) is 7.56. The summed E-state index contributed by atoms with van der Waals surface area (Å²) in [5.74, 6) is 0. The maximum Gasteiger partial charge on any atom is 0.417 e. The highest BCUT2D eigenvalue weighted by Crippen LogP contribution is 2.45. The molecule has 0 fully saturated rings. The van der Waals surface area contributed by atoms with Gasteiger partial charge >= 0.3 is 12.4 Å². The van der Waals surface area contributed by atoms with Crippen LogP contribution in [-0.4, -0.2) is 7.05 Å². The molecule has 0 N–H and O–H groups in total. The van der Waals surface area contributed by atoms with E-state index < -0.39 is 23.5 Å². The van der Waals surface area contributed by atoms with E-state index in [9.17, 15) is 26.3 Å². The quantitative estimate of drug-likeness (QED) is 0.296. The van der Waals surface area contributed by atoms with Gasteiger partial charge < -0.3 is 4.90 Å². The molecule has 1 aromatic heterocycles. The van der Waals surface area contributed by atoms with Crippen molar-refractivity contribution in [1.82, 2.24) is 0 Å². The number of halogens is 6. The number of hydrogen-bond donors (Lipinski definition) is 0. The van der Waals surface area contributed by atoms with E-state index in [-0.39, 0.29) is 4.70 Å². The van der Waals surface area contributed by atoms with Crippen LogP contribution in [0.3, 0.4) is 0 Å². The predicted octanol–water partition coefficient (Wildman–Crippen LogP) is 7.86. The lowest BCUT2D eigenvalue weighted by Gasteiger charge is -2.21. The summed E-state index contributed by atoms with van der Waals surface area (Å²) in [6.07, 6.45) is -8.91. The first-order valence-electron chi connectivity index (χ1n) is 8.50. The molecular formula is C21H13F6NS. The Balaban J connectivity index is 1.86. The van der Waals surface area contributed by atoms with Crippen LogP contribution >= 0.6 is 11.3 Å². The van der Waals surface area contributed by atoms with E-state index in [1.54, 1.807) is 36.2 Å². The minimum atomic E-state index is -4.47. The third-order valence-electron chi connectivity index (χ3n) is 4.75. The molecule has 0 spiro atoms. The highest BCUT2D eigenvalue weighted by Gasteiger charge is 2.34. The molecule has 4 rings (SSSR count). The van der Waals surface area contributed by atoms with Gasteiger partial charge in [0.05, 0.1) is 21.5 Å². The zero-order chi connectivity index (χ0) is 21.0. The molecule has 3 aromatic carbocycles. The van der Waals surface area contributed by atoms with Crippen molar-refractivity contribution in [3.05, 3.63) is 71.8 Å². The Bertz CT molecular complexity index is 1190. The molecule has 0 aliphatic carbocycles. The second kappa shape index (κ2) is 6.66. The smallest absolute Gasteiger partial charge is 0.343 e. The largest absolute Gasteiger partial charge is 0.417 e. The molecule has 0 aliphatic heterocycles. The summed E-state index contributed by atoms with van der Waals surface area (Å²) in [7, 11) is 1.67. The summed E-state index contributed by atoms with van der Waals surface area (Å²) in [6, 6.07) is 13.9. The minimum Gasteiger partial charge on any atom is -0.343 e. The molecule has 0 saturated carbocycles. The van der Waals surface area contributed by atoms with Gasteiger partial charge in [-0.05, 0) is 36.4 Å². The highest BCUT2D eigenvalue weighted by atomic mass is 32.1. The van der Waals surface area contributed by atoms with Crippen molar-refractivity contribution in [3.63, 3.8) is 0 Å². The molecule has 150 valence electrons. The molecule has 0 atom stereocenters. The van der Waals surface area contributed by atoms with Crippen molar-refractivity contribution in [2.75, 3.05) is 11.9 Å². The third kappa shape index (κ3) is 3.42. The van der Waals surface area contributed by atoms with Crippen LogP contribution in [0.1, 0.15) is 11.1 Å². The van der Waals surface area contributed by atoms with Crippen LogP contribution in [0, 0.1) is 0 Å². The number of alkyl halides is 6. The Kier molecular flexibility index (Phi) is 4.49. The molecule has 29 heavy (non-hydrogen) atoms. The van der Waals surface area contributed by atoms with Crippen LogP contribution in [0.2, 0.25) is 0 Å². The first-order chi connectivity index (χ1) is 13.6. The highest BCUT2D eigenvalue weighted by molar-refractivity contribution is 7.26. The number of hydrogen-bond acceptors (Lipinski definition) is 2. The molecular weight excluding hydrogens is 412 g/mol. The van der Waals surface area contributed by atoms with E-state index in [0.29, 0.717) is 26.8 Å². The summed E-state index contributed by atoms with van der Waals surface area (Å²) in [5, 5.41) is 1.18. The van der Waals surface area contributed by atoms with Crippen molar-refractivity contribution in [3.8, 4) is 0 Å². The zero-order valence-electron chi connectivity index (χ0n) is 14.9. The van der Waals surface area contributed by atoms with Gasteiger partial charge in [0.15, 0.2) is 0 Å². The van der Waals surface area contributed by atoms with Gasteiger partial charge in [-0.3, -0.25) is 0 Å². The number of benzene rings is 3. The average Bonchev–Trinajstić information content (AvgIpc) is 3.04. The molecule has 0 aliphatic rings. The van der Waals surface area contributed by atoms with E-state index in [1.165, 1.54) is 18.2 Å². The number of thiophene rings is 1. The first-order valence-corrected chi connectivity index (χ1v) is 9.31. The molecule has 0 unspecified atom stereocenters. The van der Waals surface area contributed by atoms with E-state index in [2.05, 4.69) is 0 Å². The molecule has 1 heterocycles. The van der Waals surface area contributed by atoms with Crippen LogP contribution in [0.5, 0.6) is 0 Å². The fourth-order valence-electron chi connectivity index (χ4n) is 3.31. The number of fused-ring (bicyclic) bond motifs is 3. The van der Waals surface area contributed by atoms with Crippen molar-refractivity contribution >= 4 is 42.9 Å². The van der Waals surface area contributed by atoms with E-state index in [4.69, 9.17) is 0 Å². The van der Waals surface area contributed by atoms with Gasteiger partial charge in [0.25, 0.3) is 0 Å². The molecule has 0 radical (unpaired) electrons. The van der Waals surface area contributed by atoms with Crippen molar-refractivity contribution < 1.29 is 26.3 Å². The Hall–Kier alpha value is -2.74. The lowest BCUT2D eigenvalue weighted by molar-refractivity contribution is -0.138. The summed E-state index contributed by atoms with van der Waals surface area (Å²) < 4.78 is 79.4. The van der Waals surface area contributed by atoms with Crippen LogP contribution in [0.25, 0.3) is 20.2 Å². The van der Waals surface area contributed by atoms with Gasteiger partial charge in [0, 0.05) is 28.2 Å². The van der Waals surface area contributed by atoms with Gasteiger partial charge in [0.1, 0.15) is 0 Å². The number of nitrogens with zero attached hydrogens (tertiary/aromatic N) is 1. The average molecular weight is 425 g/mol. The summed E-state index contributed by atoms with van der Waals surface area (Å²) in [5.41, 5.74) is -0.334. The van der Waals surface area contributed by atoms with Gasteiger partial charge in [-0.2, -0.15) is 26.3 Å². The Morgan fingerprint density at radius 1 is 0.690 bits per heavy atom. The standard InChI is InChI=1S/C21H13F6NS/c1-28(13-10-8-12(9-11-13)20(22,23)24)17-7-3-5-15-14-4-2-6-16(21(25,26)27)18(14)29-19(15)17/h2-11H,1H3. The zero-order valence-corrected chi connectivity index (χ0v) is 15.7. The SMILES string of the molecule is CN(c1ccc(C(F)(F)F)cc1)c1cccc2c1sc1c(C(F)(F)F)cccc12. The van der Waals surface area contributed by atoms with E-state index >= 15 is 0 Å². The Morgan fingerprint density at radius 3 is 1.86 bits per heavy atom. The third-order valence-corrected chi connectivity index (χ3v) is 6.03. The maximum atomic E-state index is 13.4. The fourth-order valence-corrected chi connectivity index (χ4v) is 4.69. The second-order valence-electron chi connectivity index (χ2n) is 6.54. The lowest BCUT2D eigenvalue weighted by atomic mass is 10.1. The van der Waals surface area contributed by atoms with Gasteiger partial charge in [-0.1, -0.05) is 24.3 Å². The summed E-state index contributed by atoms with van der Waals surface area (Å²) in [4.78, 5) is 1.67. The normalized spacial score (nSPS) is 12.7. The monoisotopic (exact) mass is 425 g/mol. The number of anilines is 2. The summed E-state index contributed by atoms with van der Waals surface area (Å²) in [6.45, 7) is 0. The molecule has 0 bridgehead atoms. The topological polar surface area (TPSA) is 3.24 Å². The number of rotatable bonds is 2. The fraction of sp³-hybridized carbons (Fsp3) is 0.143. The molecule has 0 saturated heterocycles. The lowest BCUT2D eigenvalue weighted by Crippen LogP contribution is -2.10. The van der Waals surface area contributed by atoms with E-state index in [1.807, 2.05) is 0 Å². The van der Waals surface area contributed by atoms with E-state index in [0.717, 1.165) is 29.5 Å². The molecule has 0 amide bonds. The van der Waals surface area contributed by atoms with Gasteiger partial charge in [0.2, 0.25) is 0 Å². The van der Waals surface area contributed by atoms with Crippen LogP contribution < -0.4 is 4.90 Å². The van der Waals surface area contributed by atoms with Crippen molar-refractivity contribution in [2.24, 2.45) is 0 Å². The molecule has 8 heteroatoms. The van der Waals surface area contributed by atoms with Gasteiger partial charge in [-0.25, -0.2) is 0 Å². The molecule has 1 nitrogen and oxygen atoms in total.